The third kappa shape index (κ3) is 6.54. The molecule has 0 atom stereocenters. The van der Waals surface area contributed by atoms with Crippen LogP contribution in [0.1, 0.15) is 22.3 Å². The quantitative estimate of drug-likeness (QED) is 0.160. The van der Waals surface area contributed by atoms with Crippen LogP contribution in [0, 0.1) is 0 Å². The number of rotatable bonds is 6. The van der Waals surface area contributed by atoms with Gasteiger partial charge in [-0.2, -0.15) is 52.7 Å². The molecule has 0 unspecified atom stereocenters. The van der Waals surface area contributed by atoms with Crippen molar-refractivity contribution < 1.29 is 62.2 Å². The topological polar surface area (TPSA) is 70.5 Å². The van der Waals surface area contributed by atoms with Crippen LogP contribution in [-0.2, 0) is 17.8 Å². The molecular formula is C29H18F12N2O2. The molecular weight excluding hydrogens is 636 g/mol. The molecule has 0 amide bonds. The van der Waals surface area contributed by atoms with E-state index < -0.39 is 75.4 Å². The molecule has 0 fully saturated rings. The van der Waals surface area contributed by atoms with E-state index in [0.29, 0.717) is 60.7 Å². The fourth-order valence-electron chi connectivity index (χ4n) is 4.50. The van der Waals surface area contributed by atoms with Gasteiger partial charge in [0.05, 0.1) is 11.1 Å². The molecule has 0 aromatic heterocycles. The second kappa shape index (κ2) is 11.3. The van der Waals surface area contributed by atoms with E-state index in [-0.39, 0.29) is 11.4 Å². The normalized spacial score (nSPS) is 13.1. The van der Waals surface area contributed by atoms with E-state index in [9.17, 15) is 52.7 Å². The second-order valence-electron chi connectivity index (χ2n) is 9.51. The minimum absolute atomic E-state index is 0.166. The number of anilines is 2. The Hall–Kier alpha value is -4.76. The molecule has 0 saturated carbocycles. The molecule has 0 saturated heterocycles. The lowest BCUT2D eigenvalue weighted by Gasteiger charge is -2.38. The fourth-order valence-corrected chi connectivity index (χ4v) is 4.50. The van der Waals surface area contributed by atoms with Crippen molar-refractivity contribution in [2.45, 2.75) is 30.1 Å². The van der Waals surface area contributed by atoms with Crippen LogP contribution >= 0.6 is 0 Å². The summed E-state index contributed by atoms with van der Waals surface area (Å²) in [7, 11) is 0. The maximum Gasteiger partial charge on any atom is 0.419 e. The van der Waals surface area contributed by atoms with Crippen molar-refractivity contribution in [2.24, 2.45) is 0 Å². The highest BCUT2D eigenvalue weighted by molar-refractivity contribution is 5.53. The van der Waals surface area contributed by atoms with Crippen LogP contribution in [0.2, 0.25) is 0 Å². The average Bonchev–Trinajstić information content (AvgIpc) is 2.88. The van der Waals surface area contributed by atoms with Gasteiger partial charge in [-0.1, -0.05) is 24.3 Å². The van der Waals surface area contributed by atoms with E-state index >= 15 is 0 Å². The van der Waals surface area contributed by atoms with Crippen LogP contribution in [0.25, 0.3) is 0 Å². The van der Waals surface area contributed by atoms with Gasteiger partial charge in [0.25, 0.3) is 0 Å². The lowest BCUT2D eigenvalue weighted by Crippen LogP contribution is -2.54. The van der Waals surface area contributed by atoms with Crippen molar-refractivity contribution >= 4 is 11.4 Å². The Labute approximate surface area is 245 Å². The highest BCUT2D eigenvalue weighted by Crippen LogP contribution is 2.56. The van der Waals surface area contributed by atoms with Crippen molar-refractivity contribution in [3.8, 4) is 23.0 Å². The SMILES string of the molecule is Nc1ccc(C(F)(F)F)c(Oc2ccc(C(c3ccc(Oc4cc(N)ccc4C(F)(F)F)cc3)(C(F)(F)F)C(F)(F)F)cc2)c1. The predicted molar refractivity (Wildman–Crippen MR) is 138 cm³/mol. The molecule has 0 bridgehead atoms. The molecule has 0 radical (unpaired) electrons. The summed E-state index contributed by atoms with van der Waals surface area (Å²) >= 11 is 0. The number of benzene rings is 4. The van der Waals surface area contributed by atoms with E-state index in [1.54, 1.807) is 0 Å². The molecule has 4 nitrogen and oxygen atoms in total. The summed E-state index contributed by atoms with van der Waals surface area (Å²) < 4.78 is 178. The van der Waals surface area contributed by atoms with Crippen molar-refractivity contribution in [1.82, 2.24) is 0 Å². The summed E-state index contributed by atoms with van der Waals surface area (Å²) in [4.78, 5) is 0. The number of nitrogen functional groups attached to an aromatic ring is 2. The highest BCUT2D eigenvalue weighted by Gasteiger charge is 2.72. The average molecular weight is 654 g/mol. The van der Waals surface area contributed by atoms with Gasteiger partial charge < -0.3 is 20.9 Å². The molecule has 16 heteroatoms. The first-order chi connectivity index (χ1) is 20.6. The summed E-state index contributed by atoms with van der Waals surface area (Å²) in [6.07, 6.45) is -22.0. The zero-order valence-electron chi connectivity index (χ0n) is 22.1. The Balaban J connectivity index is 1.76. The summed E-state index contributed by atoms with van der Waals surface area (Å²) in [6, 6.07) is 8.51. The number of hydrogen-bond acceptors (Lipinski definition) is 4. The van der Waals surface area contributed by atoms with Crippen molar-refractivity contribution in [3.05, 3.63) is 107 Å². The molecule has 0 spiro atoms. The largest absolute Gasteiger partial charge is 0.457 e. The van der Waals surface area contributed by atoms with Crippen LogP contribution in [0.15, 0.2) is 84.9 Å². The van der Waals surface area contributed by atoms with Crippen LogP contribution in [-0.4, -0.2) is 12.4 Å². The van der Waals surface area contributed by atoms with E-state index in [1.807, 2.05) is 0 Å². The predicted octanol–water partition coefficient (Wildman–Crippen LogP) is 9.88. The van der Waals surface area contributed by atoms with Gasteiger partial charge in [-0.3, -0.25) is 0 Å². The molecule has 4 N–H and O–H groups in total. The first-order valence-corrected chi connectivity index (χ1v) is 12.3. The molecule has 4 aromatic carbocycles. The number of ether oxygens (including phenoxy) is 2. The Kier molecular flexibility index (Phi) is 8.33. The Bertz CT molecular complexity index is 1530. The zero-order chi connectivity index (χ0) is 33.6. The smallest absolute Gasteiger partial charge is 0.419 e. The second-order valence-corrected chi connectivity index (χ2v) is 9.51. The standard InChI is InChI=1S/C29H18F12N2O2/c30-26(31,32)21-11-5-17(42)13-23(21)44-19-7-1-15(2-8-19)25(28(36,37)38,29(39,40)41)16-3-9-20(10-4-16)45-24-14-18(43)6-12-22(24)27(33,34)35/h1-14H,42-43H2. The van der Waals surface area contributed by atoms with Crippen molar-refractivity contribution in [1.29, 1.82) is 0 Å². The zero-order valence-corrected chi connectivity index (χ0v) is 22.1. The lowest BCUT2D eigenvalue weighted by molar-refractivity contribution is -0.288. The van der Waals surface area contributed by atoms with Gasteiger partial charge in [-0.05, 0) is 59.7 Å². The molecule has 0 aliphatic rings. The van der Waals surface area contributed by atoms with Crippen LogP contribution in [0.5, 0.6) is 23.0 Å². The van der Waals surface area contributed by atoms with Gasteiger partial charge in [-0.15, -0.1) is 0 Å². The minimum Gasteiger partial charge on any atom is -0.457 e. The molecule has 0 heterocycles. The number of alkyl halides is 12. The van der Waals surface area contributed by atoms with Crippen LogP contribution in [0.4, 0.5) is 64.1 Å². The lowest BCUT2D eigenvalue weighted by atomic mass is 9.73. The first kappa shape index (κ1) is 33.1. The van der Waals surface area contributed by atoms with E-state index in [0.717, 1.165) is 24.3 Å². The Morgan fingerprint density at radius 3 is 1.00 bits per heavy atom. The summed E-state index contributed by atoms with van der Waals surface area (Å²) in [5, 5.41) is 0. The van der Waals surface area contributed by atoms with Crippen molar-refractivity contribution in [3.63, 3.8) is 0 Å². The monoisotopic (exact) mass is 654 g/mol. The maximum absolute atomic E-state index is 14.5. The molecule has 45 heavy (non-hydrogen) atoms. The van der Waals surface area contributed by atoms with E-state index in [4.69, 9.17) is 20.9 Å². The molecule has 0 aliphatic heterocycles. The third-order valence-corrected chi connectivity index (χ3v) is 6.50. The van der Waals surface area contributed by atoms with E-state index in [1.165, 1.54) is 0 Å². The highest BCUT2D eigenvalue weighted by atomic mass is 19.4. The molecule has 4 aromatic rings. The fraction of sp³-hybridized carbons (Fsp3) is 0.172. The third-order valence-electron chi connectivity index (χ3n) is 6.50. The Morgan fingerprint density at radius 1 is 0.422 bits per heavy atom. The summed E-state index contributed by atoms with van der Waals surface area (Å²) in [5.41, 5.74) is 0.576. The number of nitrogens with two attached hydrogens (primary N) is 2. The van der Waals surface area contributed by atoms with Crippen molar-refractivity contribution in [2.75, 3.05) is 11.5 Å². The molecule has 240 valence electrons. The van der Waals surface area contributed by atoms with Gasteiger partial charge in [0, 0.05) is 23.5 Å². The van der Waals surface area contributed by atoms with Gasteiger partial charge in [-0.25, -0.2) is 0 Å². The first-order valence-electron chi connectivity index (χ1n) is 12.3. The van der Waals surface area contributed by atoms with E-state index in [2.05, 4.69) is 0 Å². The van der Waals surface area contributed by atoms with Crippen LogP contribution in [0.3, 0.4) is 0 Å². The number of halogens is 12. The summed E-state index contributed by atoms with van der Waals surface area (Å²) in [6.45, 7) is 0. The summed E-state index contributed by atoms with van der Waals surface area (Å²) in [5.74, 6) is -2.78. The molecule has 4 rings (SSSR count). The van der Waals surface area contributed by atoms with Gasteiger partial charge >= 0.3 is 24.7 Å². The molecule has 0 aliphatic carbocycles. The Morgan fingerprint density at radius 2 is 0.733 bits per heavy atom. The van der Waals surface area contributed by atoms with Gasteiger partial charge in [0.2, 0.25) is 5.41 Å². The van der Waals surface area contributed by atoms with Gasteiger partial charge in [0.1, 0.15) is 23.0 Å². The maximum atomic E-state index is 14.5. The van der Waals surface area contributed by atoms with Crippen LogP contribution < -0.4 is 20.9 Å². The number of hydrogen-bond donors (Lipinski definition) is 2. The van der Waals surface area contributed by atoms with Gasteiger partial charge in [0.15, 0.2) is 0 Å². The minimum atomic E-state index is -6.05.